The van der Waals surface area contributed by atoms with Crippen molar-refractivity contribution in [1.82, 2.24) is 4.81 Å². The molecule has 0 aromatic carbocycles. The Bertz CT molecular complexity index is 330. The van der Waals surface area contributed by atoms with E-state index in [9.17, 15) is 5.26 Å². The summed E-state index contributed by atoms with van der Waals surface area (Å²) in [5.41, 5.74) is 2.34. The molecule has 0 unspecified atom stereocenters. The average Bonchev–Trinajstić information content (AvgIpc) is 2.24. The Hall–Kier alpha value is -1.01. The first-order valence-electron chi connectivity index (χ1n) is 6.44. The molecule has 4 heteroatoms. The maximum Gasteiger partial charge on any atom is 0.504 e. The molecule has 0 heterocycles. The molecule has 0 saturated carbocycles. The molecule has 0 spiro atoms. The summed E-state index contributed by atoms with van der Waals surface area (Å²) in [7, 11) is -0.529. The molecule has 0 aliphatic rings. The third-order valence-corrected chi connectivity index (χ3v) is 2.74. The Kier molecular flexibility index (Phi) is 7.02. The summed E-state index contributed by atoms with van der Waals surface area (Å²) >= 11 is 0. The molecule has 3 nitrogen and oxygen atoms in total. The average molecular weight is 248 g/mol. The summed E-state index contributed by atoms with van der Waals surface area (Å²) in [4.78, 5) is 2.07. The highest BCUT2D eigenvalue weighted by atomic mass is 16.5. The first kappa shape index (κ1) is 17.0. The Morgan fingerprint density at radius 3 is 2.17 bits per heavy atom. The summed E-state index contributed by atoms with van der Waals surface area (Å²) in [6.07, 6.45) is 2.53. The zero-order valence-corrected chi connectivity index (χ0v) is 12.5. The van der Waals surface area contributed by atoms with Gasteiger partial charge in [-0.2, -0.15) is 0 Å². The standard InChI is InChI=1S/C14H25BN2O/c1-8-9-10-14(6,7)18-15(11-16)17(12(2)3)13(4)5/h9,12-13H,1,10H2,2-7H3. The first-order chi connectivity index (χ1) is 8.25. The first-order valence-corrected chi connectivity index (χ1v) is 6.44. The van der Waals surface area contributed by atoms with Gasteiger partial charge in [0.2, 0.25) is 0 Å². The van der Waals surface area contributed by atoms with Crippen LogP contribution >= 0.6 is 0 Å². The topological polar surface area (TPSA) is 36.3 Å². The summed E-state index contributed by atoms with van der Waals surface area (Å²) in [6.45, 7) is 15.8. The van der Waals surface area contributed by atoms with Crippen molar-refractivity contribution in [3.63, 3.8) is 0 Å². The zero-order valence-electron chi connectivity index (χ0n) is 12.5. The molecule has 0 aliphatic heterocycles. The molecule has 0 aliphatic carbocycles. The van der Waals surface area contributed by atoms with Crippen LogP contribution in [-0.2, 0) is 4.65 Å². The monoisotopic (exact) mass is 248 g/mol. The van der Waals surface area contributed by atoms with Gasteiger partial charge in [0, 0.05) is 0 Å². The maximum absolute atomic E-state index is 9.33. The fraction of sp³-hybridized carbons (Fsp3) is 0.714. The number of rotatable bonds is 7. The summed E-state index contributed by atoms with van der Waals surface area (Å²) in [5.74, 6) is 2.25. The van der Waals surface area contributed by atoms with Crippen LogP contribution in [0.5, 0.6) is 0 Å². The Morgan fingerprint density at radius 1 is 1.33 bits per heavy atom. The van der Waals surface area contributed by atoms with Gasteiger partial charge in [-0.25, -0.2) is 5.26 Å². The SMILES string of the molecule is C=C=CCC(C)(C)OB(C#N)N(C(C)C)C(C)C. The van der Waals surface area contributed by atoms with Crippen molar-refractivity contribution in [3.8, 4) is 5.97 Å². The van der Waals surface area contributed by atoms with Crippen molar-refractivity contribution >= 4 is 7.05 Å². The van der Waals surface area contributed by atoms with Gasteiger partial charge < -0.3 is 4.65 Å². The molecule has 0 radical (unpaired) electrons. The van der Waals surface area contributed by atoms with E-state index in [1.165, 1.54) is 0 Å². The molecule has 0 aromatic rings. The normalized spacial score (nSPS) is 11.6. The van der Waals surface area contributed by atoms with Gasteiger partial charge in [-0.3, -0.25) is 4.81 Å². The smallest absolute Gasteiger partial charge is 0.404 e. The highest BCUT2D eigenvalue weighted by molar-refractivity contribution is 6.57. The van der Waals surface area contributed by atoms with Gasteiger partial charge in [-0.1, -0.05) is 34.3 Å². The van der Waals surface area contributed by atoms with Crippen molar-refractivity contribution in [3.05, 3.63) is 18.4 Å². The second kappa shape index (κ2) is 7.43. The van der Waals surface area contributed by atoms with Crippen LogP contribution in [0.1, 0.15) is 48.0 Å². The predicted molar refractivity (Wildman–Crippen MR) is 77.0 cm³/mol. The van der Waals surface area contributed by atoms with Crippen LogP contribution in [0.3, 0.4) is 0 Å². The zero-order chi connectivity index (χ0) is 14.3. The molecule has 0 rings (SSSR count). The van der Waals surface area contributed by atoms with Crippen molar-refractivity contribution in [1.29, 1.82) is 5.26 Å². The summed E-state index contributed by atoms with van der Waals surface area (Å²) < 4.78 is 5.94. The molecule has 0 fully saturated rings. The Morgan fingerprint density at radius 2 is 1.83 bits per heavy atom. The van der Waals surface area contributed by atoms with Gasteiger partial charge >= 0.3 is 7.05 Å². The van der Waals surface area contributed by atoms with Crippen molar-refractivity contribution in [2.45, 2.75) is 65.6 Å². The quantitative estimate of drug-likeness (QED) is 0.512. The van der Waals surface area contributed by atoms with Gasteiger partial charge in [0.05, 0.1) is 11.6 Å². The minimum absolute atomic E-state index is 0.264. The van der Waals surface area contributed by atoms with E-state index in [4.69, 9.17) is 4.65 Å². The highest BCUT2D eigenvalue weighted by Crippen LogP contribution is 2.19. The second-order valence-electron chi connectivity index (χ2n) is 5.61. The molecule has 0 amide bonds. The van der Waals surface area contributed by atoms with E-state index in [0.717, 1.165) is 0 Å². The molecule has 100 valence electrons. The molecule has 0 atom stereocenters. The van der Waals surface area contributed by atoms with E-state index >= 15 is 0 Å². The van der Waals surface area contributed by atoms with E-state index in [0.29, 0.717) is 6.42 Å². The van der Waals surface area contributed by atoms with Crippen LogP contribution in [0.25, 0.3) is 0 Å². The van der Waals surface area contributed by atoms with Gasteiger partial charge in [-0.05, 0) is 38.4 Å². The molecular weight excluding hydrogens is 223 g/mol. The molecule has 0 N–H and O–H groups in total. The van der Waals surface area contributed by atoms with Crippen LogP contribution in [0.2, 0.25) is 0 Å². The van der Waals surface area contributed by atoms with E-state index < -0.39 is 12.7 Å². The van der Waals surface area contributed by atoms with E-state index in [1.54, 1.807) is 0 Å². The molecular formula is C14H25BN2O. The van der Waals surface area contributed by atoms with E-state index in [1.807, 2.05) is 19.9 Å². The lowest BCUT2D eigenvalue weighted by Crippen LogP contribution is -2.52. The fourth-order valence-corrected chi connectivity index (χ4v) is 1.96. The van der Waals surface area contributed by atoms with Gasteiger partial charge in [0.25, 0.3) is 0 Å². The predicted octanol–water partition coefficient (Wildman–Crippen LogP) is 3.18. The van der Waals surface area contributed by atoms with Crippen molar-refractivity contribution < 1.29 is 4.65 Å². The fourth-order valence-electron chi connectivity index (χ4n) is 1.96. The van der Waals surface area contributed by atoms with Crippen LogP contribution in [-0.4, -0.2) is 29.5 Å². The van der Waals surface area contributed by atoms with Crippen molar-refractivity contribution in [2.24, 2.45) is 0 Å². The van der Waals surface area contributed by atoms with Gasteiger partial charge in [0.1, 0.15) is 0 Å². The summed E-state index contributed by atoms with van der Waals surface area (Å²) in [5, 5.41) is 9.33. The van der Waals surface area contributed by atoms with Crippen LogP contribution in [0, 0.1) is 11.2 Å². The maximum atomic E-state index is 9.33. The third kappa shape index (κ3) is 5.55. The van der Waals surface area contributed by atoms with Crippen LogP contribution < -0.4 is 0 Å². The molecule has 0 saturated heterocycles. The van der Waals surface area contributed by atoms with E-state index in [2.05, 4.69) is 50.8 Å². The minimum atomic E-state index is -0.529. The van der Waals surface area contributed by atoms with Gasteiger partial charge in [0.15, 0.2) is 0 Å². The number of nitrogens with zero attached hydrogens (tertiary/aromatic N) is 2. The lowest BCUT2D eigenvalue weighted by molar-refractivity contribution is 0.0857. The Labute approximate surface area is 112 Å². The summed E-state index contributed by atoms with van der Waals surface area (Å²) in [6, 6.07) is 0.529. The van der Waals surface area contributed by atoms with Crippen LogP contribution in [0.4, 0.5) is 0 Å². The number of hydrogen-bond acceptors (Lipinski definition) is 3. The third-order valence-electron chi connectivity index (χ3n) is 2.74. The second-order valence-corrected chi connectivity index (χ2v) is 5.61. The van der Waals surface area contributed by atoms with E-state index in [-0.39, 0.29) is 12.1 Å². The van der Waals surface area contributed by atoms with Crippen LogP contribution in [0.15, 0.2) is 18.4 Å². The minimum Gasteiger partial charge on any atom is -0.404 e. The Balaban J connectivity index is 4.88. The molecule has 0 bridgehead atoms. The number of hydrogen-bond donors (Lipinski definition) is 0. The lowest BCUT2D eigenvalue weighted by Gasteiger charge is -2.36. The molecule has 18 heavy (non-hydrogen) atoms. The largest absolute Gasteiger partial charge is 0.504 e. The lowest BCUT2D eigenvalue weighted by atomic mass is 9.78. The van der Waals surface area contributed by atoms with Gasteiger partial charge in [-0.15, -0.1) is 5.73 Å². The van der Waals surface area contributed by atoms with Crippen molar-refractivity contribution in [2.75, 3.05) is 0 Å². The highest BCUT2D eigenvalue weighted by Gasteiger charge is 2.35. The molecule has 0 aromatic heterocycles. The number of nitriles is 1.